The van der Waals surface area contributed by atoms with E-state index < -0.39 is 0 Å². The number of nitrogen functional groups attached to an aromatic ring is 1. The minimum absolute atomic E-state index is 0.561. The second kappa shape index (κ2) is 3.84. The second-order valence-electron chi connectivity index (χ2n) is 3.75. The third-order valence-electron chi connectivity index (χ3n) is 2.70. The molecule has 0 radical (unpaired) electrons. The molecule has 3 nitrogen and oxygen atoms in total. The van der Waals surface area contributed by atoms with Gasteiger partial charge in [-0.25, -0.2) is 0 Å². The van der Waals surface area contributed by atoms with Crippen LogP contribution in [0.2, 0.25) is 0 Å². The maximum Gasteiger partial charge on any atom is 0.281 e. The first-order valence-electron chi connectivity index (χ1n) is 4.81. The van der Waals surface area contributed by atoms with Crippen molar-refractivity contribution in [3.8, 4) is 0 Å². The van der Waals surface area contributed by atoms with Gasteiger partial charge in [0.2, 0.25) is 0 Å². The second-order valence-corrected chi connectivity index (χ2v) is 3.75. The maximum atomic E-state index is 10.2. The first-order valence-corrected chi connectivity index (χ1v) is 4.81. The van der Waals surface area contributed by atoms with Gasteiger partial charge in [-0.05, 0) is 30.8 Å². The van der Waals surface area contributed by atoms with Gasteiger partial charge in [-0.2, -0.15) is 0 Å². The molecule has 72 valence electrons. The van der Waals surface area contributed by atoms with Crippen LogP contribution in [-0.2, 0) is 4.79 Å². The molecule has 2 rings (SSSR count). The van der Waals surface area contributed by atoms with Gasteiger partial charge in [0.15, 0.2) is 0 Å². The standard InChI is InChI=1S/C10H13BN2O/c12-10-3-1-8(2-4-10)9-5-13(6-9)11-7-14/h1-4,7,9,11H,5-6,12H2. The zero-order chi connectivity index (χ0) is 9.97. The van der Waals surface area contributed by atoms with Crippen LogP contribution in [0.4, 0.5) is 5.69 Å². The molecule has 0 unspecified atom stereocenters. The average Bonchev–Trinajstić information content (AvgIpc) is 2.13. The van der Waals surface area contributed by atoms with Crippen LogP contribution in [0, 0.1) is 0 Å². The van der Waals surface area contributed by atoms with Gasteiger partial charge in [-0.15, -0.1) is 0 Å². The summed E-state index contributed by atoms with van der Waals surface area (Å²) >= 11 is 0. The molecular weight excluding hydrogens is 175 g/mol. The van der Waals surface area contributed by atoms with E-state index in [0.29, 0.717) is 13.3 Å². The van der Waals surface area contributed by atoms with Crippen molar-refractivity contribution >= 4 is 19.3 Å². The zero-order valence-electron chi connectivity index (χ0n) is 8.02. The Kier molecular flexibility index (Phi) is 2.54. The minimum Gasteiger partial charge on any atom is -0.399 e. The number of rotatable bonds is 3. The highest BCUT2D eigenvalue weighted by Crippen LogP contribution is 2.26. The van der Waals surface area contributed by atoms with Gasteiger partial charge >= 0.3 is 0 Å². The maximum absolute atomic E-state index is 10.2. The number of benzene rings is 1. The third-order valence-corrected chi connectivity index (χ3v) is 2.70. The third kappa shape index (κ3) is 1.80. The van der Waals surface area contributed by atoms with Crippen LogP contribution in [0.5, 0.6) is 0 Å². The summed E-state index contributed by atoms with van der Waals surface area (Å²) in [5.74, 6) is 0.579. The summed E-state index contributed by atoms with van der Waals surface area (Å²) < 4.78 is 0. The van der Waals surface area contributed by atoms with Crippen LogP contribution in [0.1, 0.15) is 11.5 Å². The molecule has 0 aliphatic carbocycles. The van der Waals surface area contributed by atoms with Crippen LogP contribution in [0.15, 0.2) is 24.3 Å². The van der Waals surface area contributed by atoms with Gasteiger partial charge in [-0.3, -0.25) is 0 Å². The summed E-state index contributed by atoms with van der Waals surface area (Å²) in [6, 6.07) is 7.99. The fourth-order valence-electron chi connectivity index (χ4n) is 1.80. The fourth-order valence-corrected chi connectivity index (χ4v) is 1.80. The molecule has 0 amide bonds. The number of carbonyl (C=O) groups excluding carboxylic acids is 1. The first kappa shape index (κ1) is 9.28. The predicted molar refractivity (Wildman–Crippen MR) is 59.1 cm³/mol. The van der Waals surface area contributed by atoms with Gasteiger partial charge < -0.3 is 15.3 Å². The molecule has 0 aromatic heterocycles. The van der Waals surface area contributed by atoms with Gasteiger partial charge in [-0.1, -0.05) is 12.1 Å². The van der Waals surface area contributed by atoms with Crippen LogP contribution < -0.4 is 5.73 Å². The molecule has 4 heteroatoms. The first-order chi connectivity index (χ1) is 6.79. The molecule has 0 bridgehead atoms. The van der Waals surface area contributed by atoms with Crippen molar-refractivity contribution in [3.05, 3.63) is 29.8 Å². The van der Waals surface area contributed by atoms with E-state index in [4.69, 9.17) is 5.73 Å². The summed E-state index contributed by atoms with van der Waals surface area (Å²) in [6.45, 7) is 1.98. The number of nitrogens with two attached hydrogens (primary N) is 1. The number of hydrogen-bond donors (Lipinski definition) is 1. The highest BCUT2D eigenvalue weighted by Gasteiger charge is 2.27. The van der Waals surface area contributed by atoms with Crippen molar-refractivity contribution in [1.82, 2.24) is 4.81 Å². The van der Waals surface area contributed by atoms with E-state index in [0.717, 1.165) is 25.0 Å². The van der Waals surface area contributed by atoms with E-state index in [1.165, 1.54) is 5.56 Å². The van der Waals surface area contributed by atoms with Crippen molar-refractivity contribution in [2.24, 2.45) is 0 Å². The number of hydrogen-bond acceptors (Lipinski definition) is 3. The highest BCUT2D eigenvalue weighted by molar-refractivity contribution is 6.64. The quantitative estimate of drug-likeness (QED) is 0.419. The molecule has 0 spiro atoms. The van der Waals surface area contributed by atoms with Crippen molar-refractivity contribution < 1.29 is 4.79 Å². The topological polar surface area (TPSA) is 46.3 Å². The predicted octanol–water partition coefficient (Wildman–Crippen LogP) is 0.210. The van der Waals surface area contributed by atoms with Gasteiger partial charge in [0, 0.05) is 11.6 Å². The number of nitrogens with zero attached hydrogens (tertiary/aromatic N) is 1. The van der Waals surface area contributed by atoms with E-state index in [-0.39, 0.29) is 0 Å². The molecule has 0 atom stereocenters. The lowest BCUT2D eigenvalue weighted by Crippen LogP contribution is -2.47. The molecule has 1 aromatic carbocycles. The minimum atomic E-state index is 0.561. The molecular formula is C10H13BN2O. The summed E-state index contributed by atoms with van der Waals surface area (Å²) in [6.07, 6.45) is 0.958. The van der Waals surface area contributed by atoms with E-state index in [2.05, 4.69) is 16.9 Å². The summed E-state index contributed by atoms with van der Waals surface area (Å²) in [5.41, 5.74) is 7.73. The van der Waals surface area contributed by atoms with Crippen LogP contribution >= 0.6 is 0 Å². The van der Waals surface area contributed by atoms with Crippen LogP contribution in [-0.4, -0.2) is 31.5 Å². The molecule has 1 heterocycles. The Hall–Kier alpha value is -1.29. The molecule has 14 heavy (non-hydrogen) atoms. The van der Waals surface area contributed by atoms with Crippen molar-refractivity contribution in [2.75, 3.05) is 18.8 Å². The van der Waals surface area contributed by atoms with E-state index >= 15 is 0 Å². The Balaban J connectivity index is 1.93. The lowest BCUT2D eigenvalue weighted by atomic mass is 9.81. The summed E-state index contributed by atoms with van der Waals surface area (Å²) in [5, 5.41) is 0. The van der Waals surface area contributed by atoms with Crippen molar-refractivity contribution in [2.45, 2.75) is 5.92 Å². The molecule has 1 aromatic rings. The fraction of sp³-hybridized carbons (Fsp3) is 0.300. The summed E-state index contributed by atoms with van der Waals surface area (Å²) in [4.78, 5) is 12.4. The molecule has 1 aliphatic heterocycles. The Morgan fingerprint density at radius 1 is 1.36 bits per heavy atom. The van der Waals surface area contributed by atoms with Crippen molar-refractivity contribution in [1.29, 1.82) is 0 Å². The summed E-state index contributed by atoms with van der Waals surface area (Å²) in [7, 11) is 0.561. The molecule has 1 fully saturated rings. The van der Waals surface area contributed by atoms with E-state index in [1.807, 2.05) is 12.1 Å². The number of carbonyl (C=O) groups is 1. The Morgan fingerprint density at radius 3 is 2.57 bits per heavy atom. The van der Waals surface area contributed by atoms with Crippen LogP contribution in [0.3, 0.4) is 0 Å². The smallest absolute Gasteiger partial charge is 0.281 e. The zero-order valence-corrected chi connectivity index (χ0v) is 8.02. The largest absolute Gasteiger partial charge is 0.399 e. The highest BCUT2D eigenvalue weighted by atomic mass is 16.1. The Bertz CT molecular complexity index is 319. The lowest BCUT2D eigenvalue weighted by Gasteiger charge is -2.38. The van der Waals surface area contributed by atoms with E-state index in [1.54, 1.807) is 0 Å². The molecule has 1 aliphatic rings. The van der Waals surface area contributed by atoms with Gasteiger partial charge in [0.05, 0.1) is 6.19 Å². The van der Waals surface area contributed by atoms with Crippen LogP contribution in [0.25, 0.3) is 0 Å². The number of anilines is 1. The molecule has 1 saturated heterocycles. The molecule has 2 N–H and O–H groups in total. The van der Waals surface area contributed by atoms with Gasteiger partial charge in [0.25, 0.3) is 7.41 Å². The normalized spacial score (nSPS) is 17.4. The monoisotopic (exact) mass is 188 g/mol. The Labute approximate surface area is 84.2 Å². The Morgan fingerprint density at radius 2 is 2.00 bits per heavy atom. The molecule has 0 saturated carbocycles. The van der Waals surface area contributed by atoms with E-state index in [9.17, 15) is 4.79 Å². The SMILES string of the molecule is Nc1ccc(C2CN(BC=O)C2)cc1. The van der Waals surface area contributed by atoms with Crippen molar-refractivity contribution in [3.63, 3.8) is 0 Å². The van der Waals surface area contributed by atoms with Gasteiger partial charge in [0.1, 0.15) is 0 Å². The average molecular weight is 188 g/mol. The lowest BCUT2D eigenvalue weighted by molar-refractivity contribution is 0.273.